The summed E-state index contributed by atoms with van der Waals surface area (Å²) in [5.74, 6) is 0. The average Bonchev–Trinajstić information content (AvgIpc) is 2.57. The summed E-state index contributed by atoms with van der Waals surface area (Å²) in [6.45, 7) is 4.97. The minimum atomic E-state index is -1.18. The molecule has 0 aliphatic rings. The number of nitrogens with zero attached hydrogens (tertiary/aromatic N) is 4. The van der Waals surface area contributed by atoms with Gasteiger partial charge in [0.1, 0.15) is 5.69 Å². The van der Waals surface area contributed by atoms with Gasteiger partial charge in [-0.25, -0.2) is 0 Å². The molecule has 0 amide bonds. The van der Waals surface area contributed by atoms with Crippen molar-refractivity contribution in [1.82, 2.24) is 0 Å². The van der Waals surface area contributed by atoms with Crippen molar-refractivity contribution < 1.29 is 14.8 Å². The van der Waals surface area contributed by atoms with Gasteiger partial charge in [0.05, 0.1) is 22.3 Å². The number of nitro benzene ring substituents is 2. The molecule has 0 heterocycles. The smallest absolute Gasteiger partial charge is 0.272 e. The van der Waals surface area contributed by atoms with E-state index in [0.29, 0.717) is 18.6 Å². The first-order valence-electron chi connectivity index (χ1n) is 7.53. The fraction of sp³-hybridized carbons (Fsp3) is 0.500. The molecule has 1 unspecified atom stereocenters. The van der Waals surface area contributed by atoms with Gasteiger partial charge in [0, 0.05) is 30.0 Å². The first kappa shape index (κ1) is 19.9. The van der Waals surface area contributed by atoms with Crippen molar-refractivity contribution in [1.29, 1.82) is 0 Å². The summed E-state index contributed by atoms with van der Waals surface area (Å²) in [7, 11) is 0. The fourth-order valence-corrected chi connectivity index (χ4v) is 2.02. The molecule has 1 rings (SSSR count). The third-order valence-corrected chi connectivity index (χ3v) is 3.92. The molecule has 25 heavy (non-hydrogen) atoms. The molecule has 0 saturated heterocycles. The molecule has 0 saturated carbocycles. The highest BCUT2D eigenvalue weighted by Crippen LogP contribution is 2.29. The highest BCUT2D eigenvalue weighted by Gasteiger charge is 2.36. The molecule has 1 aromatic rings. The molecule has 11 heteroatoms. The summed E-state index contributed by atoms with van der Waals surface area (Å²) < 4.78 is 0. The SMILES string of the molecule is CCC(CC(C)(CC)[N+](=O)[O-])=NNc1ccc([N+](=O)[O-])cc1[N+](=O)[O-]. The van der Waals surface area contributed by atoms with Crippen molar-refractivity contribution in [2.45, 2.75) is 45.6 Å². The highest BCUT2D eigenvalue weighted by molar-refractivity contribution is 5.86. The summed E-state index contributed by atoms with van der Waals surface area (Å²) in [6.07, 6.45) is 0.800. The average molecular weight is 353 g/mol. The number of non-ortho nitro benzene ring substituents is 1. The van der Waals surface area contributed by atoms with Gasteiger partial charge < -0.3 is 0 Å². The second-order valence-corrected chi connectivity index (χ2v) is 5.64. The zero-order valence-electron chi connectivity index (χ0n) is 14.1. The monoisotopic (exact) mass is 353 g/mol. The minimum absolute atomic E-state index is 0.0270. The predicted octanol–water partition coefficient (Wildman–Crippen LogP) is 3.52. The summed E-state index contributed by atoms with van der Waals surface area (Å²) >= 11 is 0. The summed E-state index contributed by atoms with van der Waals surface area (Å²) in [5, 5.41) is 37.0. The van der Waals surface area contributed by atoms with E-state index in [2.05, 4.69) is 10.5 Å². The first-order chi connectivity index (χ1) is 11.6. The Hall–Kier alpha value is -3.11. The van der Waals surface area contributed by atoms with Gasteiger partial charge in [-0.2, -0.15) is 5.10 Å². The number of hydrazone groups is 1. The molecule has 1 N–H and O–H groups in total. The van der Waals surface area contributed by atoms with Crippen LogP contribution in [-0.2, 0) is 0 Å². The van der Waals surface area contributed by atoms with Crippen LogP contribution in [0.25, 0.3) is 0 Å². The maximum absolute atomic E-state index is 11.2. The summed E-state index contributed by atoms with van der Waals surface area (Å²) in [5.41, 5.74) is 0.843. The predicted molar refractivity (Wildman–Crippen MR) is 91.4 cm³/mol. The molecule has 0 bridgehead atoms. The standard InChI is InChI=1S/C14H19N5O6/c1-4-10(9-14(3,5-2)19(24)25)15-16-12-7-6-11(17(20)21)8-13(12)18(22)23/h6-8,16H,4-5,9H2,1-3H3. The summed E-state index contributed by atoms with van der Waals surface area (Å²) in [4.78, 5) is 31.1. The van der Waals surface area contributed by atoms with Crippen LogP contribution in [0.15, 0.2) is 23.3 Å². The molecular formula is C14H19N5O6. The minimum Gasteiger partial charge on any atom is -0.272 e. The quantitative estimate of drug-likeness (QED) is 0.404. The zero-order chi connectivity index (χ0) is 19.2. The number of nitrogens with one attached hydrogen (secondary N) is 1. The Kier molecular flexibility index (Phi) is 6.48. The van der Waals surface area contributed by atoms with E-state index in [1.165, 1.54) is 13.0 Å². The van der Waals surface area contributed by atoms with Crippen molar-refractivity contribution in [3.8, 4) is 0 Å². The molecule has 136 valence electrons. The van der Waals surface area contributed by atoms with E-state index in [9.17, 15) is 30.3 Å². The molecular weight excluding hydrogens is 334 g/mol. The number of nitro groups is 3. The summed E-state index contributed by atoms with van der Waals surface area (Å²) in [6, 6.07) is 3.12. The van der Waals surface area contributed by atoms with Crippen LogP contribution < -0.4 is 5.43 Å². The maximum Gasteiger partial charge on any atom is 0.301 e. The molecule has 0 fully saturated rings. The molecule has 0 aliphatic carbocycles. The van der Waals surface area contributed by atoms with E-state index >= 15 is 0 Å². The molecule has 0 spiro atoms. The van der Waals surface area contributed by atoms with E-state index in [1.54, 1.807) is 13.8 Å². The van der Waals surface area contributed by atoms with Crippen molar-refractivity contribution in [3.63, 3.8) is 0 Å². The van der Waals surface area contributed by atoms with Gasteiger partial charge >= 0.3 is 5.69 Å². The third kappa shape index (κ3) is 4.93. The van der Waals surface area contributed by atoms with E-state index in [0.717, 1.165) is 12.1 Å². The van der Waals surface area contributed by atoms with Crippen molar-refractivity contribution >= 4 is 22.8 Å². The number of hydrogen-bond donors (Lipinski definition) is 1. The lowest BCUT2D eigenvalue weighted by Crippen LogP contribution is -2.36. The lowest BCUT2D eigenvalue weighted by molar-refractivity contribution is -0.564. The van der Waals surface area contributed by atoms with Gasteiger partial charge in [-0.15, -0.1) is 0 Å². The number of anilines is 1. The van der Waals surface area contributed by atoms with Crippen molar-refractivity contribution in [3.05, 3.63) is 48.5 Å². The normalized spacial score (nSPS) is 13.8. The molecule has 0 aliphatic heterocycles. The first-order valence-corrected chi connectivity index (χ1v) is 7.53. The Bertz CT molecular complexity index is 720. The van der Waals surface area contributed by atoms with Gasteiger partial charge in [0.25, 0.3) is 5.69 Å². The Labute approximate surface area is 143 Å². The van der Waals surface area contributed by atoms with Gasteiger partial charge in [0.15, 0.2) is 0 Å². The number of benzene rings is 1. The van der Waals surface area contributed by atoms with Crippen LogP contribution in [0.3, 0.4) is 0 Å². The van der Waals surface area contributed by atoms with Gasteiger partial charge in [-0.3, -0.25) is 35.8 Å². The Balaban J connectivity index is 3.11. The highest BCUT2D eigenvalue weighted by atomic mass is 16.6. The fourth-order valence-electron chi connectivity index (χ4n) is 2.02. The van der Waals surface area contributed by atoms with E-state index in [1.807, 2.05) is 0 Å². The van der Waals surface area contributed by atoms with Crippen LogP contribution in [0, 0.1) is 30.3 Å². The van der Waals surface area contributed by atoms with Crippen LogP contribution in [0.5, 0.6) is 0 Å². The van der Waals surface area contributed by atoms with Crippen LogP contribution in [0.4, 0.5) is 17.1 Å². The topological polar surface area (TPSA) is 154 Å². The van der Waals surface area contributed by atoms with E-state index in [4.69, 9.17) is 0 Å². The van der Waals surface area contributed by atoms with Crippen LogP contribution in [0.1, 0.15) is 40.0 Å². The molecule has 11 nitrogen and oxygen atoms in total. The molecule has 1 aromatic carbocycles. The Morgan fingerprint density at radius 3 is 2.24 bits per heavy atom. The van der Waals surface area contributed by atoms with E-state index in [-0.39, 0.29) is 17.0 Å². The van der Waals surface area contributed by atoms with Crippen LogP contribution in [-0.4, -0.2) is 26.0 Å². The number of rotatable bonds is 9. The van der Waals surface area contributed by atoms with Crippen LogP contribution in [0.2, 0.25) is 0 Å². The van der Waals surface area contributed by atoms with Gasteiger partial charge in [0.2, 0.25) is 5.54 Å². The molecule has 1 atom stereocenters. The van der Waals surface area contributed by atoms with Gasteiger partial charge in [-0.05, 0) is 12.5 Å². The van der Waals surface area contributed by atoms with Crippen LogP contribution >= 0.6 is 0 Å². The number of hydrogen-bond acceptors (Lipinski definition) is 8. The van der Waals surface area contributed by atoms with Gasteiger partial charge in [-0.1, -0.05) is 13.8 Å². The Morgan fingerprint density at radius 2 is 1.80 bits per heavy atom. The van der Waals surface area contributed by atoms with Crippen molar-refractivity contribution in [2.24, 2.45) is 5.10 Å². The lowest BCUT2D eigenvalue weighted by Gasteiger charge is -2.19. The second-order valence-electron chi connectivity index (χ2n) is 5.64. The second kappa shape index (κ2) is 8.13. The van der Waals surface area contributed by atoms with E-state index < -0.39 is 26.8 Å². The molecule has 0 aromatic heterocycles. The maximum atomic E-state index is 11.2. The largest absolute Gasteiger partial charge is 0.301 e. The lowest BCUT2D eigenvalue weighted by atomic mass is 9.92. The molecule has 0 radical (unpaired) electrons. The van der Waals surface area contributed by atoms with Crippen molar-refractivity contribution in [2.75, 3.05) is 5.43 Å². The Morgan fingerprint density at radius 1 is 1.16 bits per heavy atom. The zero-order valence-corrected chi connectivity index (χ0v) is 14.1. The third-order valence-electron chi connectivity index (χ3n) is 3.92.